The molecule has 0 spiro atoms. The van der Waals surface area contributed by atoms with Crippen molar-refractivity contribution in [1.82, 2.24) is 10.2 Å². The van der Waals surface area contributed by atoms with E-state index in [9.17, 15) is 4.79 Å². The van der Waals surface area contributed by atoms with E-state index in [4.69, 9.17) is 11.6 Å². The van der Waals surface area contributed by atoms with Gasteiger partial charge in [0.05, 0.1) is 5.02 Å². The summed E-state index contributed by atoms with van der Waals surface area (Å²) in [6, 6.07) is 6.08. The lowest BCUT2D eigenvalue weighted by Gasteiger charge is -2.30. The lowest BCUT2D eigenvalue weighted by molar-refractivity contribution is 0.0701. The molecule has 2 fully saturated rings. The van der Waals surface area contributed by atoms with Crippen molar-refractivity contribution >= 4 is 40.1 Å². The van der Waals surface area contributed by atoms with E-state index in [1.165, 1.54) is 12.8 Å². The van der Waals surface area contributed by atoms with Crippen molar-refractivity contribution in [3.8, 4) is 0 Å². The number of carbonyl (C=O) groups is 1. The van der Waals surface area contributed by atoms with Gasteiger partial charge in [-0.25, -0.2) is 0 Å². The lowest BCUT2D eigenvalue weighted by atomic mass is 9.97. The fourth-order valence-electron chi connectivity index (χ4n) is 2.92. The summed E-state index contributed by atoms with van der Waals surface area (Å²) in [6.45, 7) is 3.05. The monoisotopic (exact) mass is 418 g/mol. The smallest absolute Gasteiger partial charge is 0.254 e. The molecule has 0 bridgehead atoms. The molecule has 1 aliphatic heterocycles. The molecule has 2 aliphatic rings. The number of amides is 1. The molecule has 0 aromatic heterocycles. The van der Waals surface area contributed by atoms with Crippen molar-refractivity contribution in [3.63, 3.8) is 0 Å². The van der Waals surface area contributed by atoms with Gasteiger partial charge >= 0.3 is 0 Å². The largest absolute Gasteiger partial charge is 0.335 e. The SMILES string of the molecule is O=C(c1ccc(I)c(Cl)c1)N(CC1CCNCC1)C1CC1. The van der Waals surface area contributed by atoms with Gasteiger partial charge in [-0.15, -0.1) is 0 Å². The van der Waals surface area contributed by atoms with Gasteiger partial charge < -0.3 is 10.2 Å². The quantitative estimate of drug-likeness (QED) is 0.759. The zero-order valence-electron chi connectivity index (χ0n) is 11.9. The van der Waals surface area contributed by atoms with E-state index in [1.54, 1.807) is 0 Å². The molecule has 114 valence electrons. The number of hydrogen-bond donors (Lipinski definition) is 1. The summed E-state index contributed by atoms with van der Waals surface area (Å²) in [5, 5.41) is 4.05. The Morgan fingerprint density at radius 2 is 2.00 bits per heavy atom. The van der Waals surface area contributed by atoms with Crippen molar-refractivity contribution in [2.24, 2.45) is 5.92 Å². The molecule has 1 aromatic carbocycles. The predicted octanol–water partition coefficient (Wildman–Crippen LogP) is 3.55. The minimum atomic E-state index is 0.148. The fourth-order valence-corrected chi connectivity index (χ4v) is 3.44. The summed E-state index contributed by atoms with van der Waals surface area (Å²) in [5.41, 5.74) is 0.723. The van der Waals surface area contributed by atoms with E-state index in [-0.39, 0.29) is 5.91 Å². The molecule has 1 N–H and O–H groups in total. The van der Waals surface area contributed by atoms with Crippen molar-refractivity contribution in [2.45, 2.75) is 31.7 Å². The van der Waals surface area contributed by atoms with Crippen LogP contribution in [0.15, 0.2) is 18.2 Å². The highest BCUT2D eigenvalue weighted by Crippen LogP contribution is 2.31. The highest BCUT2D eigenvalue weighted by Gasteiger charge is 2.34. The minimum Gasteiger partial charge on any atom is -0.335 e. The molecule has 0 radical (unpaired) electrons. The maximum Gasteiger partial charge on any atom is 0.254 e. The average molecular weight is 419 g/mol. The molecule has 5 heteroatoms. The van der Waals surface area contributed by atoms with Crippen LogP contribution in [-0.4, -0.2) is 36.5 Å². The van der Waals surface area contributed by atoms with Crippen LogP contribution in [0, 0.1) is 9.49 Å². The van der Waals surface area contributed by atoms with Gasteiger partial charge in [-0.05, 0) is 85.5 Å². The summed E-state index contributed by atoms with van der Waals surface area (Å²) in [6.07, 6.45) is 4.64. The maximum absolute atomic E-state index is 12.8. The van der Waals surface area contributed by atoms with Gasteiger partial charge in [-0.1, -0.05) is 11.6 Å². The minimum absolute atomic E-state index is 0.148. The second-order valence-electron chi connectivity index (χ2n) is 6.01. The van der Waals surface area contributed by atoms with Gasteiger partial charge in [0.15, 0.2) is 0 Å². The molecule has 1 saturated heterocycles. The molecule has 1 heterocycles. The fraction of sp³-hybridized carbons (Fsp3) is 0.562. The summed E-state index contributed by atoms with van der Waals surface area (Å²) in [5.74, 6) is 0.782. The average Bonchev–Trinajstić information content (AvgIpc) is 3.33. The van der Waals surface area contributed by atoms with E-state index in [0.717, 1.165) is 41.6 Å². The predicted molar refractivity (Wildman–Crippen MR) is 93.8 cm³/mol. The Balaban J connectivity index is 1.73. The third-order valence-electron chi connectivity index (χ3n) is 4.33. The van der Waals surface area contributed by atoms with E-state index in [1.807, 2.05) is 18.2 Å². The van der Waals surface area contributed by atoms with Gasteiger partial charge in [-0.2, -0.15) is 0 Å². The number of halogens is 2. The normalized spacial score (nSPS) is 19.5. The van der Waals surface area contributed by atoms with Gasteiger partial charge in [0, 0.05) is 21.7 Å². The summed E-state index contributed by atoms with van der Waals surface area (Å²) in [7, 11) is 0. The zero-order valence-corrected chi connectivity index (χ0v) is 14.9. The van der Waals surface area contributed by atoms with Crippen LogP contribution in [0.1, 0.15) is 36.0 Å². The Labute approximate surface area is 144 Å². The highest BCUT2D eigenvalue weighted by molar-refractivity contribution is 14.1. The number of nitrogens with zero attached hydrogens (tertiary/aromatic N) is 1. The van der Waals surface area contributed by atoms with Gasteiger partial charge in [0.25, 0.3) is 5.91 Å². The van der Waals surface area contributed by atoms with Gasteiger partial charge in [0.2, 0.25) is 0 Å². The van der Waals surface area contributed by atoms with Crippen molar-refractivity contribution < 1.29 is 4.79 Å². The first-order valence-electron chi connectivity index (χ1n) is 7.62. The van der Waals surface area contributed by atoms with Crippen molar-refractivity contribution in [2.75, 3.05) is 19.6 Å². The second kappa shape index (κ2) is 6.84. The molecule has 1 saturated carbocycles. The van der Waals surface area contributed by atoms with Crippen LogP contribution in [0.3, 0.4) is 0 Å². The Kier molecular flexibility index (Phi) is 5.07. The van der Waals surface area contributed by atoms with Crippen molar-refractivity contribution in [3.05, 3.63) is 32.4 Å². The molecule has 1 aliphatic carbocycles. The number of piperidine rings is 1. The third kappa shape index (κ3) is 3.90. The first kappa shape index (κ1) is 15.6. The number of benzene rings is 1. The molecule has 0 atom stereocenters. The Bertz CT molecular complexity index is 527. The topological polar surface area (TPSA) is 32.3 Å². The van der Waals surface area contributed by atoms with E-state index in [2.05, 4.69) is 32.8 Å². The van der Waals surface area contributed by atoms with Crippen LogP contribution in [0.4, 0.5) is 0 Å². The van der Waals surface area contributed by atoms with Crippen LogP contribution < -0.4 is 5.32 Å². The van der Waals surface area contributed by atoms with Crippen LogP contribution in [0.2, 0.25) is 5.02 Å². The molecule has 1 aromatic rings. The zero-order chi connectivity index (χ0) is 14.8. The first-order valence-corrected chi connectivity index (χ1v) is 9.07. The summed E-state index contributed by atoms with van der Waals surface area (Å²) < 4.78 is 0.988. The molecule has 1 amide bonds. The van der Waals surface area contributed by atoms with Crippen LogP contribution in [-0.2, 0) is 0 Å². The van der Waals surface area contributed by atoms with Gasteiger partial charge in [-0.3, -0.25) is 4.79 Å². The molecular weight excluding hydrogens is 399 g/mol. The molecule has 0 unspecified atom stereocenters. The molecule has 21 heavy (non-hydrogen) atoms. The van der Waals surface area contributed by atoms with Gasteiger partial charge in [0.1, 0.15) is 0 Å². The Hall–Kier alpha value is -0.330. The first-order chi connectivity index (χ1) is 10.1. The van der Waals surface area contributed by atoms with Crippen LogP contribution >= 0.6 is 34.2 Å². The molecule has 3 rings (SSSR count). The van der Waals surface area contributed by atoms with Crippen LogP contribution in [0.25, 0.3) is 0 Å². The summed E-state index contributed by atoms with van der Waals surface area (Å²) >= 11 is 8.35. The van der Waals surface area contributed by atoms with E-state index >= 15 is 0 Å². The number of nitrogens with one attached hydrogen (secondary N) is 1. The summed E-state index contributed by atoms with van der Waals surface area (Å²) in [4.78, 5) is 14.9. The Morgan fingerprint density at radius 3 is 2.62 bits per heavy atom. The highest BCUT2D eigenvalue weighted by atomic mass is 127. The number of carbonyl (C=O) groups excluding carboxylic acids is 1. The molecule has 3 nitrogen and oxygen atoms in total. The third-order valence-corrected chi connectivity index (χ3v) is 5.90. The van der Waals surface area contributed by atoms with Crippen LogP contribution in [0.5, 0.6) is 0 Å². The van der Waals surface area contributed by atoms with E-state index < -0.39 is 0 Å². The maximum atomic E-state index is 12.8. The molecular formula is C16H20ClIN2O. The second-order valence-corrected chi connectivity index (χ2v) is 7.58. The van der Waals surface area contributed by atoms with Crippen molar-refractivity contribution in [1.29, 1.82) is 0 Å². The number of hydrogen-bond acceptors (Lipinski definition) is 2. The standard InChI is InChI=1S/C16H20ClIN2O/c17-14-9-12(1-4-15(14)18)16(21)20(13-2-3-13)10-11-5-7-19-8-6-11/h1,4,9,11,13,19H,2-3,5-8,10H2. The lowest BCUT2D eigenvalue weighted by Crippen LogP contribution is -2.40. The Morgan fingerprint density at radius 1 is 1.29 bits per heavy atom. The van der Waals surface area contributed by atoms with E-state index in [0.29, 0.717) is 17.0 Å². The number of rotatable bonds is 4.